The summed E-state index contributed by atoms with van der Waals surface area (Å²) < 4.78 is 36.9. The number of nitrogens with zero attached hydrogens (tertiary/aromatic N) is 2. The van der Waals surface area contributed by atoms with Crippen molar-refractivity contribution in [3.05, 3.63) is 12.4 Å². The Morgan fingerprint density at radius 2 is 2.20 bits per heavy atom. The fraction of sp³-hybridized carbons (Fsp3) is 0.636. The molecule has 0 unspecified atom stereocenters. The third kappa shape index (κ3) is 6.02. The molecule has 1 aromatic rings. The summed E-state index contributed by atoms with van der Waals surface area (Å²) in [6.45, 7) is 1.04. The lowest BCUT2D eigenvalue weighted by Crippen LogP contribution is -2.17. The number of esters is 1. The first-order valence-corrected chi connectivity index (χ1v) is 7.71. The second-order valence-corrected chi connectivity index (χ2v) is 5.93. The summed E-state index contributed by atoms with van der Waals surface area (Å²) in [4.78, 5) is 10.9. The topological polar surface area (TPSA) is 99.5 Å². The molecule has 0 saturated heterocycles. The van der Waals surface area contributed by atoms with Gasteiger partial charge in [0.05, 0.1) is 37.9 Å². The van der Waals surface area contributed by atoms with Crippen molar-refractivity contribution in [2.24, 2.45) is 0 Å². The number of ether oxygens (including phenoxy) is 2. The largest absolute Gasteiger partial charge is 0.469 e. The van der Waals surface area contributed by atoms with E-state index >= 15 is 0 Å². The van der Waals surface area contributed by atoms with Crippen molar-refractivity contribution in [2.75, 3.05) is 31.3 Å². The second-order valence-electron chi connectivity index (χ2n) is 4.09. The van der Waals surface area contributed by atoms with E-state index in [0.29, 0.717) is 18.8 Å². The maximum atomic E-state index is 11.8. The van der Waals surface area contributed by atoms with Gasteiger partial charge in [0.1, 0.15) is 0 Å². The monoisotopic (exact) mass is 305 g/mol. The van der Waals surface area contributed by atoms with E-state index in [2.05, 4.69) is 14.6 Å². The number of rotatable bonds is 9. The minimum atomic E-state index is -3.49. The van der Waals surface area contributed by atoms with Crippen LogP contribution in [0.3, 0.4) is 0 Å². The molecule has 0 spiro atoms. The molecule has 1 rings (SSSR count). The molecule has 0 bridgehead atoms. The van der Waals surface area contributed by atoms with Crippen molar-refractivity contribution in [1.29, 1.82) is 0 Å². The lowest BCUT2D eigenvalue weighted by atomic mass is 10.3. The summed E-state index contributed by atoms with van der Waals surface area (Å²) in [5.74, 6) is -0.571. The molecule has 0 amide bonds. The normalized spacial score (nSPS) is 11.3. The zero-order valence-corrected chi connectivity index (χ0v) is 12.4. The van der Waals surface area contributed by atoms with Gasteiger partial charge in [-0.15, -0.1) is 0 Å². The molecule has 1 heterocycles. The maximum Gasteiger partial charge on any atom is 0.305 e. The number of carbonyl (C=O) groups is 1. The van der Waals surface area contributed by atoms with E-state index in [4.69, 9.17) is 4.74 Å². The number of carbonyl (C=O) groups excluding carboxylic acids is 1. The summed E-state index contributed by atoms with van der Waals surface area (Å²) in [5.41, 5.74) is 0.388. The van der Waals surface area contributed by atoms with Gasteiger partial charge >= 0.3 is 5.97 Å². The molecular formula is C11H19N3O5S. The molecule has 0 radical (unpaired) electrons. The van der Waals surface area contributed by atoms with Crippen LogP contribution >= 0.6 is 0 Å². The van der Waals surface area contributed by atoms with E-state index in [-0.39, 0.29) is 18.6 Å². The predicted molar refractivity (Wildman–Crippen MR) is 72.8 cm³/mol. The highest BCUT2D eigenvalue weighted by Crippen LogP contribution is 2.09. The second kappa shape index (κ2) is 7.85. The third-order valence-corrected chi connectivity index (χ3v) is 3.83. The Hall–Kier alpha value is -1.61. The highest BCUT2D eigenvalue weighted by Gasteiger charge is 2.13. The number of sulfonamides is 1. The van der Waals surface area contributed by atoms with Gasteiger partial charge in [-0.2, -0.15) is 5.10 Å². The van der Waals surface area contributed by atoms with Crippen LogP contribution in [-0.2, 0) is 30.8 Å². The van der Waals surface area contributed by atoms with Crippen molar-refractivity contribution in [2.45, 2.75) is 19.4 Å². The molecule has 8 nitrogen and oxygen atoms in total. The molecule has 0 atom stereocenters. The first-order valence-electron chi connectivity index (χ1n) is 6.05. The van der Waals surface area contributed by atoms with E-state index in [1.807, 2.05) is 0 Å². The Labute approximate surface area is 118 Å². The molecule has 0 aliphatic carbocycles. The summed E-state index contributed by atoms with van der Waals surface area (Å²) in [6.07, 6.45) is 3.29. The van der Waals surface area contributed by atoms with E-state index in [9.17, 15) is 13.2 Å². The Kier molecular flexibility index (Phi) is 6.46. The molecule has 9 heteroatoms. The first-order chi connectivity index (χ1) is 9.46. The fourth-order valence-electron chi connectivity index (χ4n) is 1.46. The maximum absolute atomic E-state index is 11.8. The quantitative estimate of drug-likeness (QED) is 0.655. The van der Waals surface area contributed by atoms with E-state index < -0.39 is 16.0 Å². The van der Waals surface area contributed by atoms with Crippen molar-refractivity contribution < 1.29 is 22.7 Å². The molecule has 0 aromatic carbocycles. The minimum absolute atomic E-state index is 0.0739. The van der Waals surface area contributed by atoms with Gasteiger partial charge in [0.2, 0.25) is 10.0 Å². The highest BCUT2D eigenvalue weighted by molar-refractivity contribution is 7.92. The summed E-state index contributed by atoms with van der Waals surface area (Å²) in [7, 11) is -0.643. The summed E-state index contributed by atoms with van der Waals surface area (Å²) in [5, 5.41) is 4.00. The fourth-order valence-corrected chi connectivity index (χ4v) is 2.55. The number of hydrogen-bond acceptors (Lipinski definition) is 6. The van der Waals surface area contributed by atoms with Crippen LogP contribution in [0.5, 0.6) is 0 Å². The molecule has 0 aliphatic heterocycles. The van der Waals surface area contributed by atoms with E-state index in [1.165, 1.54) is 13.3 Å². The van der Waals surface area contributed by atoms with Gasteiger partial charge in [-0.1, -0.05) is 0 Å². The smallest absolute Gasteiger partial charge is 0.305 e. The van der Waals surface area contributed by atoms with Crippen LogP contribution < -0.4 is 4.72 Å². The van der Waals surface area contributed by atoms with Gasteiger partial charge in [-0.3, -0.25) is 14.2 Å². The average Bonchev–Trinajstić information content (AvgIpc) is 2.82. The van der Waals surface area contributed by atoms with Gasteiger partial charge < -0.3 is 9.47 Å². The van der Waals surface area contributed by atoms with E-state index in [1.54, 1.807) is 18.0 Å². The zero-order valence-electron chi connectivity index (χ0n) is 11.5. The molecule has 0 fully saturated rings. The van der Waals surface area contributed by atoms with Gasteiger partial charge in [0.15, 0.2) is 0 Å². The average molecular weight is 305 g/mol. The SMILES string of the molecule is COCCn1cc(NS(=O)(=O)CCCC(=O)OC)cn1. The van der Waals surface area contributed by atoms with Gasteiger partial charge in [-0.25, -0.2) is 8.42 Å². The van der Waals surface area contributed by atoms with Gasteiger partial charge in [0.25, 0.3) is 0 Å². The Bertz CT molecular complexity index is 526. The Morgan fingerprint density at radius 3 is 2.85 bits per heavy atom. The molecule has 0 saturated carbocycles. The molecular weight excluding hydrogens is 286 g/mol. The summed E-state index contributed by atoms with van der Waals surface area (Å²) in [6, 6.07) is 0. The molecule has 114 valence electrons. The molecule has 0 aliphatic rings. The highest BCUT2D eigenvalue weighted by atomic mass is 32.2. The molecule has 20 heavy (non-hydrogen) atoms. The van der Waals surface area contributed by atoms with Crippen LogP contribution in [0.2, 0.25) is 0 Å². The van der Waals surface area contributed by atoms with Crippen molar-refractivity contribution in [3.63, 3.8) is 0 Å². The van der Waals surface area contributed by atoms with E-state index in [0.717, 1.165) is 0 Å². The van der Waals surface area contributed by atoms with Crippen LogP contribution in [0, 0.1) is 0 Å². The summed E-state index contributed by atoms with van der Waals surface area (Å²) >= 11 is 0. The number of nitrogens with one attached hydrogen (secondary N) is 1. The molecule has 1 aromatic heterocycles. The van der Waals surface area contributed by atoms with Crippen LogP contribution in [0.15, 0.2) is 12.4 Å². The zero-order chi connectivity index (χ0) is 15.0. The number of hydrogen-bond donors (Lipinski definition) is 1. The van der Waals surface area contributed by atoms with Crippen molar-refractivity contribution in [1.82, 2.24) is 9.78 Å². The predicted octanol–water partition coefficient (Wildman–Crippen LogP) is 0.224. The molecule has 1 N–H and O–H groups in total. The van der Waals surface area contributed by atoms with Gasteiger partial charge in [-0.05, 0) is 6.42 Å². The van der Waals surface area contributed by atoms with Crippen LogP contribution in [0.25, 0.3) is 0 Å². The van der Waals surface area contributed by atoms with Crippen molar-refractivity contribution >= 4 is 21.7 Å². The minimum Gasteiger partial charge on any atom is -0.469 e. The van der Waals surface area contributed by atoms with Crippen LogP contribution in [-0.4, -0.2) is 50.7 Å². The van der Waals surface area contributed by atoms with Gasteiger partial charge in [0, 0.05) is 19.7 Å². The Balaban J connectivity index is 2.45. The Morgan fingerprint density at radius 1 is 1.45 bits per heavy atom. The standard InChI is InChI=1S/C11H19N3O5S/c1-18-6-5-14-9-10(8-12-14)13-20(16,17)7-3-4-11(15)19-2/h8-9,13H,3-7H2,1-2H3. The number of anilines is 1. The van der Waals surface area contributed by atoms with Crippen LogP contribution in [0.1, 0.15) is 12.8 Å². The third-order valence-electron chi connectivity index (χ3n) is 2.45. The first kappa shape index (κ1) is 16.4. The lowest BCUT2D eigenvalue weighted by Gasteiger charge is -2.05. The van der Waals surface area contributed by atoms with Crippen molar-refractivity contribution in [3.8, 4) is 0 Å². The number of methoxy groups -OCH3 is 2. The number of aromatic nitrogens is 2. The van der Waals surface area contributed by atoms with Crippen LogP contribution in [0.4, 0.5) is 5.69 Å². The lowest BCUT2D eigenvalue weighted by molar-refractivity contribution is -0.140.